The number of amides is 1. The van der Waals surface area contributed by atoms with Gasteiger partial charge in [-0.1, -0.05) is 28.1 Å². The monoisotopic (exact) mass is 663 g/mol. The summed E-state index contributed by atoms with van der Waals surface area (Å²) in [6, 6.07) is 18.7. The highest BCUT2D eigenvalue weighted by Gasteiger charge is 2.42. The molecule has 1 amide bonds. The number of anilines is 2. The molecule has 0 spiro atoms. The Labute approximate surface area is 263 Å². The maximum Gasteiger partial charge on any atom is 0.238 e. The molecule has 2 N–H and O–H groups in total. The zero-order valence-corrected chi connectivity index (χ0v) is 25.6. The molecular formula is C33H32BrF2N5O3. The van der Waals surface area contributed by atoms with Crippen LogP contribution in [0.1, 0.15) is 43.2 Å². The number of piperidine rings is 1. The minimum atomic E-state index is -0.588. The molecule has 1 aliphatic heterocycles. The molecule has 44 heavy (non-hydrogen) atoms. The minimum Gasteiger partial charge on any atom is -0.490 e. The molecule has 0 bridgehead atoms. The molecule has 1 aliphatic carbocycles. The van der Waals surface area contributed by atoms with Gasteiger partial charge in [-0.05, 0) is 73.7 Å². The van der Waals surface area contributed by atoms with Gasteiger partial charge >= 0.3 is 0 Å². The number of nitrogens with zero attached hydrogens (tertiary/aromatic N) is 3. The van der Waals surface area contributed by atoms with Crippen LogP contribution in [0.4, 0.5) is 20.2 Å². The van der Waals surface area contributed by atoms with Gasteiger partial charge in [-0.25, -0.2) is 8.78 Å². The summed E-state index contributed by atoms with van der Waals surface area (Å²) in [5.74, 6) is -0.685. The molecule has 1 saturated heterocycles. The molecular weight excluding hydrogens is 632 g/mol. The van der Waals surface area contributed by atoms with Gasteiger partial charge in [0.2, 0.25) is 5.91 Å². The van der Waals surface area contributed by atoms with Crippen LogP contribution in [0.3, 0.4) is 0 Å². The molecule has 2 aliphatic rings. The third kappa shape index (κ3) is 8.25. The van der Waals surface area contributed by atoms with Crippen LogP contribution in [0.15, 0.2) is 59.1 Å². The van der Waals surface area contributed by atoms with E-state index in [0.717, 1.165) is 24.5 Å². The highest BCUT2D eigenvalue weighted by Crippen LogP contribution is 2.48. The summed E-state index contributed by atoms with van der Waals surface area (Å²) in [5.41, 5.74) is 1.55. The number of halogens is 3. The maximum absolute atomic E-state index is 14.9. The zero-order chi connectivity index (χ0) is 31.1. The van der Waals surface area contributed by atoms with E-state index in [2.05, 4.69) is 32.6 Å². The van der Waals surface area contributed by atoms with E-state index in [9.17, 15) is 13.6 Å². The Balaban J connectivity index is 1.09. The van der Waals surface area contributed by atoms with Gasteiger partial charge in [0, 0.05) is 35.9 Å². The van der Waals surface area contributed by atoms with Crippen molar-refractivity contribution in [3.8, 4) is 23.6 Å². The van der Waals surface area contributed by atoms with Crippen molar-refractivity contribution in [1.29, 1.82) is 10.5 Å². The molecule has 228 valence electrons. The first-order chi connectivity index (χ1) is 21.3. The van der Waals surface area contributed by atoms with Crippen LogP contribution in [0.2, 0.25) is 0 Å². The van der Waals surface area contributed by atoms with Crippen molar-refractivity contribution >= 4 is 33.2 Å². The lowest BCUT2D eigenvalue weighted by Crippen LogP contribution is -2.42. The number of nitrogens with one attached hydrogen (secondary N) is 2. The summed E-state index contributed by atoms with van der Waals surface area (Å²) in [4.78, 5) is 14.9. The van der Waals surface area contributed by atoms with Gasteiger partial charge < -0.3 is 20.1 Å². The number of carbonyl (C=O) groups is 1. The van der Waals surface area contributed by atoms with Crippen molar-refractivity contribution in [3.63, 3.8) is 0 Å². The zero-order valence-electron chi connectivity index (χ0n) is 24.0. The predicted octanol–water partition coefficient (Wildman–Crippen LogP) is 6.77. The average molecular weight is 665 g/mol. The van der Waals surface area contributed by atoms with Crippen LogP contribution in [-0.4, -0.2) is 43.1 Å². The highest BCUT2D eigenvalue weighted by molar-refractivity contribution is 9.10. The maximum atomic E-state index is 14.9. The van der Waals surface area contributed by atoms with Gasteiger partial charge in [0.15, 0.2) is 11.6 Å². The average Bonchev–Trinajstić information content (AvgIpc) is 3.78. The Hall–Kier alpha value is -4.19. The van der Waals surface area contributed by atoms with Crippen molar-refractivity contribution in [1.82, 2.24) is 4.90 Å². The van der Waals surface area contributed by atoms with Crippen LogP contribution in [0.25, 0.3) is 0 Å². The van der Waals surface area contributed by atoms with Gasteiger partial charge in [0.1, 0.15) is 30.0 Å². The minimum absolute atomic E-state index is 0.0377. The summed E-state index contributed by atoms with van der Waals surface area (Å²) in [6.07, 6.45) is 3.73. The summed E-state index contributed by atoms with van der Waals surface area (Å²) >= 11 is 3.32. The standard InChI is InChI=1S/C33H32BrF2N5O3/c34-24-16-28(36)32(29(17-24)39-21-33(8-9-33)10-11-37)40-31(42)19-41-12-6-25(7-13-41)44-26-3-1-2-23(14-26)20-43-30-5-4-22(18-38)15-27(30)35/h1-5,14-17,25,39H,6-10,12-13,19-21H2,(H,40,42). The first-order valence-corrected chi connectivity index (χ1v) is 15.3. The van der Waals surface area contributed by atoms with E-state index in [-0.39, 0.29) is 47.6 Å². The fourth-order valence-corrected chi connectivity index (χ4v) is 5.63. The van der Waals surface area contributed by atoms with Crippen molar-refractivity contribution in [2.24, 2.45) is 5.41 Å². The van der Waals surface area contributed by atoms with Gasteiger partial charge in [-0.2, -0.15) is 10.5 Å². The molecule has 5 rings (SSSR count). The van der Waals surface area contributed by atoms with Gasteiger partial charge in [-0.15, -0.1) is 0 Å². The predicted molar refractivity (Wildman–Crippen MR) is 165 cm³/mol. The van der Waals surface area contributed by atoms with Crippen molar-refractivity contribution in [2.45, 2.75) is 44.8 Å². The summed E-state index contributed by atoms with van der Waals surface area (Å²) in [5, 5.41) is 24.0. The van der Waals surface area contributed by atoms with E-state index in [0.29, 0.717) is 54.8 Å². The number of hydrogen-bond acceptors (Lipinski definition) is 7. The number of benzene rings is 3. The van der Waals surface area contributed by atoms with E-state index in [1.165, 1.54) is 18.2 Å². The number of ether oxygens (including phenoxy) is 2. The number of carbonyl (C=O) groups excluding carboxylic acids is 1. The Morgan fingerprint density at radius 2 is 1.86 bits per heavy atom. The van der Waals surface area contributed by atoms with E-state index < -0.39 is 11.6 Å². The summed E-state index contributed by atoms with van der Waals surface area (Å²) in [7, 11) is 0. The second-order valence-electron chi connectivity index (χ2n) is 11.3. The molecule has 2 fully saturated rings. The molecule has 3 aromatic rings. The van der Waals surface area contributed by atoms with Gasteiger partial charge in [0.25, 0.3) is 0 Å². The second-order valence-corrected chi connectivity index (χ2v) is 12.2. The molecule has 1 saturated carbocycles. The lowest BCUT2D eigenvalue weighted by atomic mass is 10.0. The Morgan fingerprint density at radius 3 is 2.57 bits per heavy atom. The van der Waals surface area contributed by atoms with E-state index >= 15 is 0 Å². The van der Waals surface area contributed by atoms with Crippen LogP contribution in [-0.2, 0) is 11.4 Å². The third-order valence-electron chi connectivity index (χ3n) is 7.94. The number of nitriles is 2. The largest absolute Gasteiger partial charge is 0.490 e. The number of rotatable bonds is 12. The van der Waals surface area contributed by atoms with E-state index in [4.69, 9.17) is 20.0 Å². The van der Waals surface area contributed by atoms with Crippen LogP contribution < -0.4 is 20.1 Å². The smallest absolute Gasteiger partial charge is 0.238 e. The lowest BCUT2D eigenvalue weighted by Gasteiger charge is -2.31. The Morgan fingerprint density at radius 1 is 1.07 bits per heavy atom. The van der Waals surface area contributed by atoms with E-state index in [1.54, 1.807) is 6.07 Å². The fraction of sp³-hybridized carbons (Fsp3) is 0.364. The normalized spacial score (nSPS) is 15.9. The van der Waals surface area contributed by atoms with Crippen LogP contribution in [0, 0.1) is 39.7 Å². The SMILES string of the molecule is N#CCC1(CNc2cc(Br)cc(F)c2NC(=O)CN2CCC(Oc3cccc(COc4ccc(C#N)cc4F)c3)CC2)CC1. The molecule has 11 heteroatoms. The Bertz CT molecular complexity index is 1590. The highest BCUT2D eigenvalue weighted by atomic mass is 79.9. The molecule has 1 heterocycles. The van der Waals surface area contributed by atoms with Crippen LogP contribution in [0.5, 0.6) is 11.5 Å². The quantitative estimate of drug-likeness (QED) is 0.220. The second kappa shape index (κ2) is 14.1. The summed E-state index contributed by atoms with van der Waals surface area (Å²) in [6.45, 7) is 2.09. The Kier molecular flexibility index (Phi) is 9.99. The van der Waals surface area contributed by atoms with Crippen molar-refractivity contribution < 1.29 is 23.0 Å². The van der Waals surface area contributed by atoms with Crippen molar-refractivity contribution in [3.05, 3.63) is 81.8 Å². The van der Waals surface area contributed by atoms with E-state index in [1.807, 2.05) is 35.2 Å². The third-order valence-corrected chi connectivity index (χ3v) is 8.40. The number of hydrogen-bond donors (Lipinski definition) is 2. The molecule has 0 radical (unpaired) electrons. The first-order valence-electron chi connectivity index (χ1n) is 14.5. The van der Waals surface area contributed by atoms with Gasteiger partial charge in [0.05, 0.1) is 29.9 Å². The molecule has 8 nitrogen and oxygen atoms in total. The molecule has 0 unspecified atom stereocenters. The van der Waals surface area contributed by atoms with Gasteiger partial charge in [-0.3, -0.25) is 9.69 Å². The molecule has 3 aromatic carbocycles. The summed E-state index contributed by atoms with van der Waals surface area (Å²) < 4.78 is 41.4. The first kappa shape index (κ1) is 31.2. The van der Waals surface area contributed by atoms with Crippen LogP contribution >= 0.6 is 15.9 Å². The fourth-order valence-electron chi connectivity index (χ4n) is 5.20. The lowest BCUT2D eigenvalue weighted by molar-refractivity contribution is -0.117. The number of likely N-dealkylation sites (tertiary alicyclic amines) is 1. The topological polar surface area (TPSA) is 110 Å². The molecule has 0 aromatic heterocycles. The molecule has 0 atom stereocenters. The van der Waals surface area contributed by atoms with Crippen molar-refractivity contribution in [2.75, 3.05) is 36.8 Å².